The van der Waals surface area contributed by atoms with Crippen molar-refractivity contribution >= 4 is 25.3 Å². The van der Waals surface area contributed by atoms with Crippen molar-refractivity contribution in [1.29, 1.82) is 10.5 Å². The second-order valence-electron chi connectivity index (χ2n) is 0.922. The van der Waals surface area contributed by atoms with Gasteiger partial charge in [-0.25, -0.2) is 0 Å². The molecule has 0 heterocycles. The molecule has 0 aliphatic carbocycles. The molecule has 0 saturated carbocycles. The molecule has 0 aliphatic heterocycles. The van der Waals surface area contributed by atoms with Crippen LogP contribution in [0.5, 0.6) is 0 Å². The van der Waals surface area contributed by atoms with Crippen molar-refractivity contribution < 1.29 is 62.0 Å². The van der Waals surface area contributed by atoms with Crippen molar-refractivity contribution in [3.05, 3.63) is 9.81 Å². The van der Waals surface area contributed by atoms with Gasteiger partial charge in [-0.3, -0.25) is 0 Å². The molecule has 44 valence electrons. The second-order valence-corrected chi connectivity index (χ2v) is 2.17. The van der Waals surface area contributed by atoms with Crippen molar-refractivity contribution in [2.75, 3.05) is 0 Å². The van der Waals surface area contributed by atoms with Gasteiger partial charge in [0.2, 0.25) is 0 Å². The SMILES string of the molecule is N#CC(C#N)=C(S)S.[H-].[H-].[Na+].[Na+]. The van der Waals surface area contributed by atoms with Crippen LogP contribution in [0.3, 0.4) is 0 Å². The molecule has 0 aliphatic rings. The Morgan fingerprint density at radius 2 is 1.40 bits per heavy atom. The zero-order chi connectivity index (χ0) is 6.57. The van der Waals surface area contributed by atoms with Crippen molar-refractivity contribution in [2.45, 2.75) is 0 Å². The summed E-state index contributed by atoms with van der Waals surface area (Å²) < 4.78 is 0.162. The monoisotopic (exact) mass is 190 g/mol. The van der Waals surface area contributed by atoms with Crippen molar-refractivity contribution in [2.24, 2.45) is 0 Å². The summed E-state index contributed by atoms with van der Waals surface area (Å²) in [6, 6.07) is 3.23. The van der Waals surface area contributed by atoms with Crippen LogP contribution in [0.1, 0.15) is 2.85 Å². The Balaban J connectivity index is -0.0000000408. The molecule has 10 heavy (non-hydrogen) atoms. The van der Waals surface area contributed by atoms with Crippen LogP contribution in [0, 0.1) is 22.7 Å². The summed E-state index contributed by atoms with van der Waals surface area (Å²) in [5, 5.41) is 16.1. The van der Waals surface area contributed by atoms with Crippen molar-refractivity contribution in [3.63, 3.8) is 0 Å². The van der Waals surface area contributed by atoms with Crippen LogP contribution in [0.4, 0.5) is 0 Å². The first-order valence-corrected chi connectivity index (χ1v) is 2.54. The van der Waals surface area contributed by atoms with E-state index in [1.54, 1.807) is 12.1 Å². The van der Waals surface area contributed by atoms with Gasteiger partial charge in [0.05, 0.1) is 4.24 Å². The number of nitrogens with zero attached hydrogens (tertiary/aromatic N) is 2. The molecular formula is C4H4N2Na2S2. The summed E-state index contributed by atoms with van der Waals surface area (Å²) in [7, 11) is 0. The number of thiol groups is 2. The molecule has 0 atom stereocenters. The van der Waals surface area contributed by atoms with Gasteiger partial charge in [0, 0.05) is 0 Å². The van der Waals surface area contributed by atoms with Gasteiger partial charge in [-0.1, -0.05) is 0 Å². The van der Waals surface area contributed by atoms with Crippen LogP contribution >= 0.6 is 25.3 Å². The van der Waals surface area contributed by atoms with Crippen LogP contribution in [0.2, 0.25) is 0 Å². The maximum atomic E-state index is 8.07. The van der Waals surface area contributed by atoms with Crippen molar-refractivity contribution in [3.8, 4) is 12.1 Å². The Bertz CT molecular complexity index is 188. The van der Waals surface area contributed by atoms with Crippen LogP contribution in [-0.4, -0.2) is 0 Å². The third-order valence-electron chi connectivity index (χ3n) is 0.447. The number of hydrogen-bond acceptors (Lipinski definition) is 4. The first kappa shape index (κ1) is 17.5. The average Bonchev–Trinajstić information content (AvgIpc) is 1.69. The van der Waals surface area contributed by atoms with Gasteiger partial charge < -0.3 is 2.85 Å². The number of rotatable bonds is 0. The minimum atomic E-state index is -0.0586. The Kier molecular flexibility index (Phi) is 18.2. The maximum Gasteiger partial charge on any atom is 1.00 e. The summed E-state index contributed by atoms with van der Waals surface area (Å²) in [5.74, 6) is 0. The van der Waals surface area contributed by atoms with Gasteiger partial charge in [-0.05, 0) is 0 Å². The van der Waals surface area contributed by atoms with E-state index in [-0.39, 0.29) is 71.8 Å². The van der Waals surface area contributed by atoms with Crippen LogP contribution < -0.4 is 59.1 Å². The van der Waals surface area contributed by atoms with Gasteiger partial charge in [0.1, 0.15) is 17.7 Å². The maximum absolute atomic E-state index is 8.07. The summed E-state index contributed by atoms with van der Waals surface area (Å²) in [6.07, 6.45) is 0. The Morgan fingerprint density at radius 1 is 1.10 bits per heavy atom. The first-order valence-electron chi connectivity index (χ1n) is 1.64. The Hall–Kier alpha value is 1.42. The van der Waals surface area contributed by atoms with Crippen LogP contribution in [-0.2, 0) is 0 Å². The van der Waals surface area contributed by atoms with Crippen molar-refractivity contribution in [1.82, 2.24) is 0 Å². The molecule has 0 unspecified atom stereocenters. The quantitative estimate of drug-likeness (QED) is 0.229. The fourth-order valence-corrected chi connectivity index (χ4v) is 0.325. The predicted octanol–water partition coefficient (Wildman–Crippen LogP) is -4.66. The molecule has 0 fully saturated rings. The molecule has 0 aromatic carbocycles. The molecule has 2 nitrogen and oxygen atoms in total. The van der Waals surface area contributed by atoms with E-state index in [0.717, 1.165) is 0 Å². The zero-order valence-corrected chi connectivity index (χ0v) is 11.6. The van der Waals surface area contributed by atoms with Gasteiger partial charge in [0.25, 0.3) is 0 Å². The summed E-state index contributed by atoms with van der Waals surface area (Å²) >= 11 is 7.30. The van der Waals surface area contributed by atoms with Crippen LogP contribution in [0.25, 0.3) is 0 Å². The van der Waals surface area contributed by atoms with Crippen LogP contribution in [0.15, 0.2) is 9.81 Å². The predicted molar refractivity (Wildman–Crippen MR) is 38.4 cm³/mol. The Morgan fingerprint density at radius 3 is 1.40 bits per heavy atom. The molecule has 0 radical (unpaired) electrons. The van der Waals surface area contributed by atoms with E-state index in [1.165, 1.54) is 0 Å². The van der Waals surface area contributed by atoms with E-state index < -0.39 is 0 Å². The molecule has 0 N–H and O–H groups in total. The second kappa shape index (κ2) is 10.4. The molecule has 0 amide bonds. The van der Waals surface area contributed by atoms with Gasteiger partial charge in [-0.2, -0.15) is 10.5 Å². The van der Waals surface area contributed by atoms with E-state index in [9.17, 15) is 0 Å². The summed E-state index contributed by atoms with van der Waals surface area (Å²) in [5.41, 5.74) is -0.0586. The fraction of sp³-hybridized carbons (Fsp3) is 0. The first-order chi connectivity index (χ1) is 3.72. The Labute approximate surface area is 118 Å². The molecule has 0 bridgehead atoms. The third-order valence-corrected chi connectivity index (χ3v) is 0.894. The molecule has 0 aromatic rings. The number of allylic oxidation sites excluding steroid dienone is 1. The van der Waals surface area contributed by atoms with Gasteiger partial charge in [-0.15, -0.1) is 25.3 Å². The van der Waals surface area contributed by atoms with Gasteiger partial charge >= 0.3 is 59.1 Å². The molecule has 6 heteroatoms. The van der Waals surface area contributed by atoms with E-state index in [2.05, 4.69) is 25.3 Å². The topological polar surface area (TPSA) is 47.6 Å². The minimum Gasteiger partial charge on any atom is -1.00 e. The summed E-state index contributed by atoms with van der Waals surface area (Å²) in [4.78, 5) is 0. The van der Waals surface area contributed by atoms with E-state index in [4.69, 9.17) is 10.5 Å². The number of nitriles is 2. The van der Waals surface area contributed by atoms with E-state index >= 15 is 0 Å². The smallest absolute Gasteiger partial charge is 1.00 e. The largest absolute Gasteiger partial charge is 1.00 e. The molecule has 0 spiro atoms. The third kappa shape index (κ3) is 7.53. The normalized spacial score (nSPS) is 5.20. The molecule has 0 saturated heterocycles. The molecule has 0 aromatic heterocycles. The molecular weight excluding hydrogens is 186 g/mol. The zero-order valence-electron chi connectivity index (χ0n) is 7.79. The summed E-state index contributed by atoms with van der Waals surface area (Å²) in [6.45, 7) is 0. The fourth-order valence-electron chi connectivity index (χ4n) is 0.125. The average molecular weight is 190 g/mol. The van der Waals surface area contributed by atoms with E-state index in [1.807, 2.05) is 0 Å². The van der Waals surface area contributed by atoms with Gasteiger partial charge in [0.15, 0.2) is 0 Å². The number of hydrogen-bond donors (Lipinski definition) is 2. The van der Waals surface area contributed by atoms with E-state index in [0.29, 0.717) is 0 Å². The minimum absolute atomic E-state index is 0. The molecule has 0 rings (SSSR count). The standard InChI is InChI=1S/C4H2N2S2.2Na.2H/c5-1-3(2-6)4(7)8;;;;/h7-8H;;;;/q;2*+1;2*-1.